The molecule has 0 spiro atoms. The number of carbonyl (C=O) groups is 2. The fraction of sp³-hybridized carbons (Fsp3) is 0.429. The predicted molar refractivity (Wildman–Crippen MR) is 91.8 cm³/mol. The number of hydrogen-bond acceptors (Lipinski definition) is 7. The Morgan fingerprint density at radius 1 is 1.26 bits per heavy atom. The molecular weight excluding hydrogens is 340 g/mol. The highest BCUT2D eigenvalue weighted by Crippen LogP contribution is 2.27. The van der Waals surface area contributed by atoms with Gasteiger partial charge in [-0.15, -0.1) is 0 Å². The second-order valence-corrected chi connectivity index (χ2v) is 7.49. The Morgan fingerprint density at radius 3 is 2.35 bits per heavy atom. The molecular formula is C14H20N2O5S2. The monoisotopic (exact) mass is 360 g/mol. The Labute approximate surface area is 142 Å². The molecule has 0 heterocycles. The van der Waals surface area contributed by atoms with E-state index in [1.54, 1.807) is 31.4 Å². The van der Waals surface area contributed by atoms with Gasteiger partial charge < -0.3 is 26.4 Å². The molecule has 6 N–H and O–H groups in total. The van der Waals surface area contributed by atoms with Crippen molar-refractivity contribution in [2.45, 2.75) is 18.0 Å². The molecule has 2 atom stereocenters. The van der Waals surface area contributed by atoms with Crippen LogP contribution in [0.5, 0.6) is 5.75 Å². The zero-order valence-electron chi connectivity index (χ0n) is 12.6. The molecule has 0 amide bonds. The summed E-state index contributed by atoms with van der Waals surface area (Å²) in [5, 5.41) is 18.1. The van der Waals surface area contributed by atoms with E-state index in [1.807, 2.05) is 0 Å². The molecule has 0 saturated carbocycles. The van der Waals surface area contributed by atoms with Crippen LogP contribution in [-0.2, 0) is 16.0 Å². The van der Waals surface area contributed by atoms with Crippen molar-refractivity contribution >= 4 is 33.5 Å². The first-order valence-electron chi connectivity index (χ1n) is 6.66. The number of hydrogen-bond donors (Lipinski definition) is 4. The summed E-state index contributed by atoms with van der Waals surface area (Å²) in [7, 11) is 3.95. The Bertz CT molecular complexity index is 540. The van der Waals surface area contributed by atoms with E-state index in [0.29, 0.717) is 5.75 Å². The zero-order valence-corrected chi connectivity index (χ0v) is 14.2. The fourth-order valence-corrected chi connectivity index (χ4v) is 4.15. The maximum atomic E-state index is 11.5. The molecule has 7 nitrogen and oxygen atoms in total. The van der Waals surface area contributed by atoms with Gasteiger partial charge in [-0.1, -0.05) is 33.7 Å². The van der Waals surface area contributed by atoms with Crippen LogP contribution in [0, 0.1) is 0 Å². The highest BCUT2D eigenvalue weighted by Gasteiger charge is 2.34. The van der Waals surface area contributed by atoms with Crippen LogP contribution in [0.4, 0.5) is 0 Å². The lowest BCUT2D eigenvalue weighted by atomic mass is 9.94. The van der Waals surface area contributed by atoms with Crippen LogP contribution < -0.4 is 16.2 Å². The number of methoxy groups -OCH3 is 1. The summed E-state index contributed by atoms with van der Waals surface area (Å²) in [6.07, 6.45) is 0.158. The molecule has 1 aromatic carbocycles. The Hall–Kier alpha value is -1.42. The third-order valence-electron chi connectivity index (χ3n) is 3.07. The average molecular weight is 360 g/mol. The predicted octanol–water partition coefficient (Wildman–Crippen LogP) is 0.813. The number of ether oxygens (including phenoxy) is 1. The first-order chi connectivity index (χ1) is 10.8. The molecule has 0 fully saturated rings. The zero-order chi connectivity index (χ0) is 17.5. The van der Waals surface area contributed by atoms with Crippen LogP contribution in [0.3, 0.4) is 0 Å². The van der Waals surface area contributed by atoms with Gasteiger partial charge in [0, 0.05) is 17.9 Å². The number of aliphatic carboxylic acids is 2. The summed E-state index contributed by atoms with van der Waals surface area (Å²) in [5.41, 5.74) is 10.7. The third-order valence-corrected chi connectivity index (χ3v) is 5.63. The first kappa shape index (κ1) is 19.6. The van der Waals surface area contributed by atoms with E-state index in [1.165, 1.54) is 21.6 Å². The lowest BCUT2D eigenvalue weighted by molar-refractivity contribution is -0.142. The molecule has 0 aromatic heterocycles. The number of rotatable bonds is 10. The Balaban J connectivity index is 2.60. The SMILES string of the molecule is COc1ccc(C[C@](N)(CSSC[C@H](N)C(=O)O)C(=O)O)cc1. The minimum absolute atomic E-state index is 0.130. The van der Waals surface area contributed by atoms with Gasteiger partial charge in [0.25, 0.3) is 0 Å². The number of nitrogens with two attached hydrogens (primary N) is 2. The molecule has 0 unspecified atom stereocenters. The summed E-state index contributed by atoms with van der Waals surface area (Å²) >= 11 is 0. The minimum atomic E-state index is -1.44. The van der Waals surface area contributed by atoms with Gasteiger partial charge in [-0.05, 0) is 17.7 Å². The van der Waals surface area contributed by atoms with Crippen LogP contribution in [0.15, 0.2) is 24.3 Å². The van der Waals surface area contributed by atoms with E-state index in [0.717, 1.165) is 5.56 Å². The maximum absolute atomic E-state index is 11.5. The fourth-order valence-electron chi connectivity index (χ4n) is 1.64. The highest BCUT2D eigenvalue weighted by atomic mass is 33.1. The minimum Gasteiger partial charge on any atom is -0.497 e. The molecule has 1 rings (SSSR count). The smallest absolute Gasteiger partial charge is 0.324 e. The summed E-state index contributed by atoms with van der Waals surface area (Å²) in [6.45, 7) is 0. The lowest BCUT2D eigenvalue weighted by Crippen LogP contribution is -2.52. The van der Waals surface area contributed by atoms with E-state index in [-0.39, 0.29) is 17.9 Å². The second-order valence-electron chi connectivity index (χ2n) is 4.98. The van der Waals surface area contributed by atoms with Gasteiger partial charge in [-0.3, -0.25) is 9.59 Å². The van der Waals surface area contributed by atoms with Gasteiger partial charge in [-0.25, -0.2) is 0 Å². The molecule has 128 valence electrons. The van der Waals surface area contributed by atoms with E-state index in [2.05, 4.69) is 0 Å². The first-order valence-corrected chi connectivity index (χ1v) is 9.15. The molecule has 0 radical (unpaired) electrons. The molecule has 0 aliphatic carbocycles. The summed E-state index contributed by atoms with van der Waals surface area (Å²) in [6, 6.07) is 6.03. The van der Waals surface area contributed by atoms with Crippen molar-refractivity contribution < 1.29 is 24.5 Å². The van der Waals surface area contributed by atoms with Gasteiger partial charge in [0.15, 0.2) is 0 Å². The largest absolute Gasteiger partial charge is 0.497 e. The molecule has 0 aliphatic rings. The highest BCUT2D eigenvalue weighted by molar-refractivity contribution is 8.76. The van der Waals surface area contributed by atoms with Crippen LogP contribution in [0.1, 0.15) is 5.56 Å². The number of carboxylic acids is 2. The summed E-state index contributed by atoms with van der Waals surface area (Å²) in [4.78, 5) is 22.1. The second kappa shape index (κ2) is 9.02. The summed E-state index contributed by atoms with van der Waals surface area (Å²) < 4.78 is 5.05. The Kier molecular flexibility index (Phi) is 7.69. The molecule has 0 saturated heterocycles. The number of benzene rings is 1. The molecule has 0 aliphatic heterocycles. The standard InChI is InChI=1S/C14H20N2O5S2/c1-21-10-4-2-9(3-5-10)6-14(16,13(19)20)8-23-22-7-11(15)12(17)18/h2-5,11H,6-8,15-16H2,1H3,(H,17,18)(H,19,20)/t11-,14-/m0/s1. The Morgan fingerprint density at radius 2 is 1.87 bits per heavy atom. The number of carboxylic acid groups (broad SMARTS) is 2. The quantitative estimate of drug-likeness (QED) is 0.353. The van der Waals surface area contributed by atoms with Crippen molar-refractivity contribution in [1.82, 2.24) is 0 Å². The van der Waals surface area contributed by atoms with Crippen LogP contribution in [0.25, 0.3) is 0 Å². The van der Waals surface area contributed by atoms with Crippen molar-refractivity contribution in [3.05, 3.63) is 29.8 Å². The molecule has 9 heteroatoms. The average Bonchev–Trinajstić information content (AvgIpc) is 2.51. The van der Waals surface area contributed by atoms with Crippen molar-refractivity contribution in [3.63, 3.8) is 0 Å². The van der Waals surface area contributed by atoms with Crippen LogP contribution in [0.2, 0.25) is 0 Å². The normalized spacial score (nSPS) is 14.7. The van der Waals surface area contributed by atoms with Gasteiger partial charge in [0.1, 0.15) is 17.3 Å². The van der Waals surface area contributed by atoms with Crippen LogP contribution in [-0.4, -0.2) is 52.3 Å². The van der Waals surface area contributed by atoms with Crippen molar-refractivity contribution in [2.75, 3.05) is 18.6 Å². The van der Waals surface area contributed by atoms with E-state index >= 15 is 0 Å². The van der Waals surface area contributed by atoms with E-state index in [9.17, 15) is 14.7 Å². The molecule has 1 aromatic rings. The van der Waals surface area contributed by atoms with E-state index in [4.69, 9.17) is 21.3 Å². The summed E-state index contributed by atoms with van der Waals surface area (Å²) in [5.74, 6) is -1.21. The van der Waals surface area contributed by atoms with Gasteiger partial charge in [-0.2, -0.15) is 0 Å². The van der Waals surface area contributed by atoms with Gasteiger partial charge >= 0.3 is 11.9 Å². The maximum Gasteiger partial charge on any atom is 0.324 e. The topological polar surface area (TPSA) is 136 Å². The van der Waals surface area contributed by atoms with Crippen molar-refractivity contribution in [1.29, 1.82) is 0 Å². The van der Waals surface area contributed by atoms with Crippen LogP contribution >= 0.6 is 21.6 Å². The van der Waals surface area contributed by atoms with Gasteiger partial charge in [0.05, 0.1) is 7.11 Å². The van der Waals surface area contributed by atoms with E-state index < -0.39 is 23.5 Å². The molecule has 0 bridgehead atoms. The van der Waals surface area contributed by atoms with Crippen molar-refractivity contribution in [2.24, 2.45) is 11.5 Å². The lowest BCUT2D eigenvalue weighted by Gasteiger charge is -2.24. The molecule has 23 heavy (non-hydrogen) atoms. The third kappa shape index (κ3) is 6.30. The van der Waals surface area contributed by atoms with Gasteiger partial charge in [0.2, 0.25) is 0 Å². The van der Waals surface area contributed by atoms with Crippen molar-refractivity contribution in [3.8, 4) is 5.75 Å².